The van der Waals surface area contributed by atoms with E-state index in [0.29, 0.717) is 18.2 Å². The molecule has 1 N–H and O–H groups in total. The Balaban J connectivity index is 1.62. The van der Waals surface area contributed by atoms with Gasteiger partial charge in [-0.3, -0.25) is 4.90 Å². The molecule has 0 aliphatic carbocycles. The molecule has 116 valence electrons. The largest absolute Gasteiger partial charge is 0.381 e. The SMILES string of the molecule is Fc1cccc(CN2CCCC(Nc3ccccc3)C2)c1F. The van der Waals surface area contributed by atoms with E-state index in [2.05, 4.69) is 10.2 Å². The lowest BCUT2D eigenvalue weighted by molar-refractivity contribution is 0.205. The van der Waals surface area contributed by atoms with Gasteiger partial charge in [0.25, 0.3) is 0 Å². The van der Waals surface area contributed by atoms with Crippen molar-refractivity contribution in [1.82, 2.24) is 4.90 Å². The van der Waals surface area contributed by atoms with Crippen LogP contribution in [-0.4, -0.2) is 24.0 Å². The van der Waals surface area contributed by atoms with Crippen LogP contribution in [0.15, 0.2) is 48.5 Å². The van der Waals surface area contributed by atoms with Crippen LogP contribution in [0.1, 0.15) is 18.4 Å². The Morgan fingerprint density at radius 2 is 1.86 bits per heavy atom. The van der Waals surface area contributed by atoms with E-state index in [4.69, 9.17) is 0 Å². The van der Waals surface area contributed by atoms with Crippen LogP contribution in [0, 0.1) is 11.6 Å². The fourth-order valence-electron chi connectivity index (χ4n) is 3.00. The molecule has 0 bridgehead atoms. The fraction of sp³-hybridized carbons (Fsp3) is 0.333. The van der Waals surface area contributed by atoms with Gasteiger partial charge in [-0.2, -0.15) is 0 Å². The zero-order chi connectivity index (χ0) is 15.4. The van der Waals surface area contributed by atoms with Gasteiger partial charge in [0, 0.05) is 30.4 Å². The van der Waals surface area contributed by atoms with E-state index in [1.807, 2.05) is 30.3 Å². The van der Waals surface area contributed by atoms with Gasteiger partial charge in [0.05, 0.1) is 0 Å². The van der Waals surface area contributed by atoms with Crippen LogP contribution >= 0.6 is 0 Å². The van der Waals surface area contributed by atoms with Crippen molar-refractivity contribution in [2.45, 2.75) is 25.4 Å². The van der Waals surface area contributed by atoms with E-state index in [1.54, 1.807) is 12.1 Å². The Kier molecular flexibility index (Phi) is 4.68. The zero-order valence-electron chi connectivity index (χ0n) is 12.4. The summed E-state index contributed by atoms with van der Waals surface area (Å²) in [4.78, 5) is 2.18. The number of likely N-dealkylation sites (tertiary alicyclic amines) is 1. The predicted octanol–water partition coefficient (Wildman–Crippen LogP) is 4.04. The molecule has 0 amide bonds. The highest BCUT2D eigenvalue weighted by Crippen LogP contribution is 2.19. The van der Waals surface area contributed by atoms with Crippen molar-refractivity contribution < 1.29 is 8.78 Å². The molecule has 2 aromatic rings. The summed E-state index contributed by atoms with van der Waals surface area (Å²) in [6, 6.07) is 14.8. The van der Waals surface area contributed by atoms with Crippen molar-refractivity contribution >= 4 is 5.69 Å². The van der Waals surface area contributed by atoms with E-state index in [1.165, 1.54) is 0 Å². The van der Waals surface area contributed by atoms with Crippen molar-refractivity contribution in [1.29, 1.82) is 0 Å². The summed E-state index contributed by atoms with van der Waals surface area (Å²) in [7, 11) is 0. The monoisotopic (exact) mass is 302 g/mol. The summed E-state index contributed by atoms with van der Waals surface area (Å²) < 4.78 is 27.1. The van der Waals surface area contributed by atoms with Gasteiger partial charge in [-0.15, -0.1) is 0 Å². The first-order chi connectivity index (χ1) is 10.7. The lowest BCUT2D eigenvalue weighted by atomic mass is 10.0. The standard InChI is InChI=1S/C18H20F2N2/c19-17-10-4-6-14(18(17)20)12-22-11-5-9-16(13-22)21-15-7-2-1-3-8-15/h1-4,6-8,10,16,21H,5,9,11-13H2. The van der Waals surface area contributed by atoms with Crippen LogP contribution < -0.4 is 5.32 Å². The Morgan fingerprint density at radius 1 is 1.05 bits per heavy atom. The molecular formula is C18H20F2N2. The molecule has 2 aromatic carbocycles. The summed E-state index contributed by atoms with van der Waals surface area (Å²) in [5.41, 5.74) is 1.53. The first-order valence-electron chi connectivity index (χ1n) is 7.69. The third kappa shape index (κ3) is 3.63. The van der Waals surface area contributed by atoms with E-state index >= 15 is 0 Å². The van der Waals surface area contributed by atoms with Gasteiger partial charge in [-0.25, -0.2) is 8.78 Å². The number of para-hydroxylation sites is 1. The van der Waals surface area contributed by atoms with Gasteiger partial charge in [0.2, 0.25) is 0 Å². The summed E-state index contributed by atoms with van der Waals surface area (Å²) >= 11 is 0. The van der Waals surface area contributed by atoms with E-state index in [9.17, 15) is 8.78 Å². The highest BCUT2D eigenvalue weighted by atomic mass is 19.2. The molecule has 1 atom stereocenters. The van der Waals surface area contributed by atoms with Gasteiger partial charge in [-0.05, 0) is 37.6 Å². The number of hydrogen-bond donors (Lipinski definition) is 1. The summed E-state index contributed by atoms with van der Waals surface area (Å²) in [5.74, 6) is -1.49. The Bertz CT molecular complexity index is 616. The quantitative estimate of drug-likeness (QED) is 0.917. The number of halogens is 2. The van der Waals surface area contributed by atoms with Gasteiger partial charge in [0.15, 0.2) is 11.6 Å². The highest BCUT2D eigenvalue weighted by molar-refractivity contribution is 5.43. The van der Waals surface area contributed by atoms with E-state index in [0.717, 1.165) is 37.7 Å². The van der Waals surface area contributed by atoms with Gasteiger partial charge < -0.3 is 5.32 Å². The second kappa shape index (κ2) is 6.88. The van der Waals surface area contributed by atoms with E-state index < -0.39 is 11.6 Å². The minimum Gasteiger partial charge on any atom is -0.381 e. The first-order valence-corrected chi connectivity index (χ1v) is 7.69. The molecule has 3 rings (SSSR count). The van der Waals surface area contributed by atoms with Gasteiger partial charge in [-0.1, -0.05) is 30.3 Å². The molecule has 1 saturated heterocycles. The molecule has 1 fully saturated rings. The van der Waals surface area contributed by atoms with Gasteiger partial charge >= 0.3 is 0 Å². The summed E-state index contributed by atoms with van der Waals surface area (Å²) in [5, 5.41) is 3.51. The van der Waals surface area contributed by atoms with Crippen molar-refractivity contribution in [3.8, 4) is 0 Å². The molecular weight excluding hydrogens is 282 g/mol. The molecule has 0 spiro atoms. The first kappa shape index (κ1) is 15.0. The minimum absolute atomic E-state index is 0.341. The molecule has 0 radical (unpaired) electrons. The van der Waals surface area contributed by atoms with E-state index in [-0.39, 0.29) is 0 Å². The van der Waals surface area contributed by atoms with Crippen molar-refractivity contribution in [3.63, 3.8) is 0 Å². The lowest BCUT2D eigenvalue weighted by Gasteiger charge is -2.33. The number of nitrogens with one attached hydrogen (secondary N) is 1. The average molecular weight is 302 g/mol. The second-order valence-corrected chi connectivity index (χ2v) is 5.80. The maximum Gasteiger partial charge on any atom is 0.163 e. The van der Waals surface area contributed by atoms with Crippen LogP contribution in [0.25, 0.3) is 0 Å². The highest BCUT2D eigenvalue weighted by Gasteiger charge is 2.21. The van der Waals surface area contributed by atoms with Crippen LogP contribution in [-0.2, 0) is 6.54 Å². The second-order valence-electron chi connectivity index (χ2n) is 5.80. The van der Waals surface area contributed by atoms with Crippen molar-refractivity contribution in [2.75, 3.05) is 18.4 Å². The molecule has 22 heavy (non-hydrogen) atoms. The van der Waals surface area contributed by atoms with Crippen molar-refractivity contribution in [3.05, 3.63) is 65.7 Å². The smallest absolute Gasteiger partial charge is 0.163 e. The molecule has 0 aromatic heterocycles. The Morgan fingerprint density at radius 3 is 2.68 bits per heavy atom. The van der Waals surface area contributed by atoms with Crippen LogP contribution in [0.3, 0.4) is 0 Å². The normalized spacial score (nSPS) is 19.1. The molecule has 4 heteroatoms. The molecule has 1 unspecified atom stereocenters. The fourth-order valence-corrected chi connectivity index (χ4v) is 3.00. The van der Waals surface area contributed by atoms with Crippen molar-refractivity contribution in [2.24, 2.45) is 0 Å². The topological polar surface area (TPSA) is 15.3 Å². The average Bonchev–Trinajstić information content (AvgIpc) is 2.53. The van der Waals surface area contributed by atoms with Crippen LogP contribution in [0.4, 0.5) is 14.5 Å². The predicted molar refractivity (Wildman–Crippen MR) is 84.7 cm³/mol. The summed E-state index contributed by atoms with van der Waals surface area (Å²) in [6.07, 6.45) is 2.15. The zero-order valence-corrected chi connectivity index (χ0v) is 12.4. The molecule has 1 aliphatic rings. The molecule has 1 heterocycles. The molecule has 1 aliphatic heterocycles. The number of benzene rings is 2. The van der Waals surface area contributed by atoms with Crippen LogP contribution in [0.2, 0.25) is 0 Å². The number of rotatable bonds is 4. The third-order valence-electron chi connectivity index (χ3n) is 4.08. The molecule has 2 nitrogen and oxygen atoms in total. The van der Waals surface area contributed by atoms with Crippen LogP contribution in [0.5, 0.6) is 0 Å². The third-order valence-corrected chi connectivity index (χ3v) is 4.08. The molecule has 0 saturated carbocycles. The summed E-state index contributed by atoms with van der Waals surface area (Å²) in [6.45, 7) is 2.21. The Hall–Kier alpha value is -1.94. The Labute approximate surface area is 129 Å². The van der Waals surface area contributed by atoms with Gasteiger partial charge in [0.1, 0.15) is 0 Å². The minimum atomic E-state index is -0.770. The number of hydrogen-bond acceptors (Lipinski definition) is 2. The maximum absolute atomic E-state index is 13.8. The number of nitrogens with zero attached hydrogens (tertiary/aromatic N) is 1. The number of piperidine rings is 1. The lowest BCUT2D eigenvalue weighted by Crippen LogP contribution is -2.41. The maximum atomic E-state index is 13.8. The number of anilines is 1.